The molecule has 0 atom stereocenters. The first kappa shape index (κ1) is 18.2. The van der Waals surface area contributed by atoms with E-state index in [0.29, 0.717) is 23.0 Å². The maximum Gasteiger partial charge on any atom is 0.279 e. The molecule has 1 amide bonds. The summed E-state index contributed by atoms with van der Waals surface area (Å²) in [7, 11) is 0. The number of fused-ring (bicyclic) bond motifs is 1. The van der Waals surface area contributed by atoms with Gasteiger partial charge in [0.15, 0.2) is 5.69 Å². The lowest BCUT2D eigenvalue weighted by Crippen LogP contribution is -2.30. The summed E-state index contributed by atoms with van der Waals surface area (Å²) in [5.41, 5.74) is 2.10. The monoisotopic (exact) mass is 373 g/mol. The third-order valence-corrected chi connectivity index (χ3v) is 5.14. The molecule has 3 aromatic rings. The lowest BCUT2D eigenvalue weighted by atomic mass is 9.97. The van der Waals surface area contributed by atoms with Crippen molar-refractivity contribution in [3.8, 4) is 5.69 Å². The number of carbonyl (C=O) groups is 1. The minimum Gasteiger partial charge on any atom is -0.350 e. The van der Waals surface area contributed by atoms with Crippen LogP contribution in [0.3, 0.4) is 0 Å². The number of nitrogens with zero attached hydrogens (tertiary/aromatic N) is 2. The summed E-state index contributed by atoms with van der Waals surface area (Å²) in [6, 6.07) is 16.3. The van der Waals surface area contributed by atoms with Crippen molar-refractivity contribution in [1.82, 2.24) is 15.1 Å². The van der Waals surface area contributed by atoms with Crippen LogP contribution in [0.5, 0.6) is 0 Å². The third-order valence-electron chi connectivity index (χ3n) is 5.14. The van der Waals surface area contributed by atoms with Gasteiger partial charge in [-0.3, -0.25) is 9.59 Å². The first-order valence-corrected chi connectivity index (χ1v) is 9.77. The van der Waals surface area contributed by atoms with Crippen LogP contribution in [0.2, 0.25) is 0 Å². The van der Waals surface area contributed by atoms with E-state index in [-0.39, 0.29) is 17.2 Å². The second-order valence-electron chi connectivity index (χ2n) is 7.06. The van der Waals surface area contributed by atoms with Crippen LogP contribution in [0, 0.1) is 0 Å². The topological polar surface area (TPSA) is 64.0 Å². The molecule has 2 aromatic carbocycles. The van der Waals surface area contributed by atoms with Gasteiger partial charge in [-0.05, 0) is 50.3 Å². The maximum atomic E-state index is 12.9. The van der Waals surface area contributed by atoms with Crippen LogP contribution < -0.4 is 10.9 Å². The molecule has 0 aliphatic heterocycles. The molecule has 1 N–H and O–H groups in total. The highest BCUT2D eigenvalue weighted by molar-refractivity contribution is 6.04. The van der Waals surface area contributed by atoms with E-state index in [9.17, 15) is 9.59 Å². The van der Waals surface area contributed by atoms with Crippen molar-refractivity contribution >= 4 is 16.7 Å². The molecule has 0 fully saturated rings. The predicted molar refractivity (Wildman–Crippen MR) is 111 cm³/mol. The molecular weight excluding hydrogens is 350 g/mol. The number of allylic oxidation sites excluding steroid dienone is 1. The predicted octanol–water partition coefficient (Wildman–Crippen LogP) is 4.01. The van der Waals surface area contributed by atoms with Gasteiger partial charge in [0.1, 0.15) is 0 Å². The number of amides is 1. The Morgan fingerprint density at radius 1 is 1.00 bits per heavy atom. The zero-order chi connectivity index (χ0) is 19.3. The molecule has 0 saturated heterocycles. The fraction of sp³-hybridized carbons (Fsp3) is 0.261. The molecular formula is C23H23N3O2. The van der Waals surface area contributed by atoms with Gasteiger partial charge in [-0.25, -0.2) is 0 Å². The highest BCUT2D eigenvalue weighted by Gasteiger charge is 2.17. The SMILES string of the molecule is O=C(NCCC1=CCCCC1)c1nn(-c2ccccc2)c(=O)c2ccccc12. The van der Waals surface area contributed by atoms with Crippen LogP contribution in [0.4, 0.5) is 0 Å². The zero-order valence-corrected chi connectivity index (χ0v) is 15.7. The van der Waals surface area contributed by atoms with Crippen LogP contribution in [-0.2, 0) is 0 Å². The zero-order valence-electron chi connectivity index (χ0n) is 15.7. The number of hydrogen-bond acceptors (Lipinski definition) is 3. The molecule has 1 heterocycles. The molecule has 28 heavy (non-hydrogen) atoms. The number of carbonyl (C=O) groups excluding carboxylic acids is 1. The van der Waals surface area contributed by atoms with E-state index in [2.05, 4.69) is 16.5 Å². The van der Waals surface area contributed by atoms with E-state index in [1.165, 1.54) is 23.1 Å². The van der Waals surface area contributed by atoms with Gasteiger partial charge in [-0.15, -0.1) is 0 Å². The van der Waals surface area contributed by atoms with Crippen LogP contribution in [0.15, 0.2) is 71.0 Å². The van der Waals surface area contributed by atoms with Gasteiger partial charge in [0.05, 0.1) is 11.1 Å². The van der Waals surface area contributed by atoms with Crippen molar-refractivity contribution in [3.63, 3.8) is 0 Å². The molecule has 0 unspecified atom stereocenters. The summed E-state index contributed by atoms with van der Waals surface area (Å²) in [6.07, 6.45) is 7.90. The fourth-order valence-corrected chi connectivity index (χ4v) is 3.65. The van der Waals surface area contributed by atoms with Crippen LogP contribution in [-0.4, -0.2) is 22.2 Å². The Labute approximate surface area is 163 Å². The van der Waals surface area contributed by atoms with Crippen molar-refractivity contribution < 1.29 is 4.79 Å². The van der Waals surface area contributed by atoms with Crippen molar-refractivity contribution in [2.75, 3.05) is 6.54 Å². The number of rotatable bonds is 5. The molecule has 0 spiro atoms. The second kappa shape index (κ2) is 8.21. The first-order valence-electron chi connectivity index (χ1n) is 9.77. The molecule has 4 rings (SSSR count). The number of aromatic nitrogens is 2. The lowest BCUT2D eigenvalue weighted by Gasteiger charge is -2.14. The summed E-state index contributed by atoms with van der Waals surface area (Å²) in [5.74, 6) is -0.253. The average Bonchev–Trinajstić information content (AvgIpc) is 2.75. The van der Waals surface area contributed by atoms with Crippen molar-refractivity contribution in [1.29, 1.82) is 0 Å². The highest BCUT2D eigenvalue weighted by Crippen LogP contribution is 2.20. The molecule has 0 saturated carbocycles. The molecule has 5 nitrogen and oxygen atoms in total. The Bertz CT molecular complexity index is 1080. The molecule has 1 aliphatic carbocycles. The van der Waals surface area contributed by atoms with Gasteiger partial charge in [-0.2, -0.15) is 9.78 Å². The van der Waals surface area contributed by atoms with Gasteiger partial charge < -0.3 is 5.32 Å². The van der Waals surface area contributed by atoms with E-state index < -0.39 is 0 Å². The summed E-state index contributed by atoms with van der Waals surface area (Å²) < 4.78 is 1.31. The Kier molecular flexibility index (Phi) is 5.33. The molecule has 142 valence electrons. The summed E-state index contributed by atoms with van der Waals surface area (Å²) in [6.45, 7) is 0.575. The number of benzene rings is 2. The van der Waals surface area contributed by atoms with E-state index in [0.717, 1.165) is 19.3 Å². The molecule has 0 radical (unpaired) electrons. The molecule has 1 aliphatic rings. The minimum atomic E-state index is -0.253. The summed E-state index contributed by atoms with van der Waals surface area (Å²) >= 11 is 0. The molecule has 0 bridgehead atoms. The van der Waals surface area contributed by atoms with E-state index in [4.69, 9.17) is 0 Å². The standard InChI is InChI=1S/C23H23N3O2/c27-22(24-16-15-17-9-3-1-4-10-17)21-19-13-7-8-14-20(19)23(28)26(25-21)18-11-5-2-6-12-18/h2,5-9,11-14H,1,3-4,10,15-16H2,(H,24,27). The van der Waals surface area contributed by atoms with E-state index in [1.54, 1.807) is 30.3 Å². The number of para-hydroxylation sites is 1. The second-order valence-corrected chi connectivity index (χ2v) is 7.06. The summed E-state index contributed by atoms with van der Waals surface area (Å²) in [5, 5.41) is 8.46. The van der Waals surface area contributed by atoms with Gasteiger partial charge in [0, 0.05) is 11.9 Å². The Balaban J connectivity index is 1.65. The summed E-state index contributed by atoms with van der Waals surface area (Å²) in [4.78, 5) is 25.8. The van der Waals surface area contributed by atoms with Crippen LogP contribution in [0.25, 0.3) is 16.5 Å². The van der Waals surface area contributed by atoms with Crippen LogP contribution in [0.1, 0.15) is 42.6 Å². The van der Waals surface area contributed by atoms with Crippen LogP contribution >= 0.6 is 0 Å². The van der Waals surface area contributed by atoms with Crippen molar-refractivity contribution in [2.24, 2.45) is 0 Å². The van der Waals surface area contributed by atoms with Gasteiger partial charge in [-0.1, -0.05) is 48.0 Å². The lowest BCUT2D eigenvalue weighted by molar-refractivity contribution is 0.0949. The van der Waals surface area contributed by atoms with Gasteiger partial charge in [0.25, 0.3) is 11.5 Å². The van der Waals surface area contributed by atoms with E-state index >= 15 is 0 Å². The third kappa shape index (κ3) is 3.74. The Morgan fingerprint density at radius 3 is 2.50 bits per heavy atom. The smallest absolute Gasteiger partial charge is 0.279 e. The van der Waals surface area contributed by atoms with Gasteiger partial charge in [0.2, 0.25) is 0 Å². The van der Waals surface area contributed by atoms with Crippen molar-refractivity contribution in [3.05, 3.63) is 82.3 Å². The minimum absolute atomic E-state index is 0.231. The Morgan fingerprint density at radius 2 is 1.75 bits per heavy atom. The first-order chi connectivity index (χ1) is 13.7. The quantitative estimate of drug-likeness (QED) is 0.688. The fourth-order valence-electron chi connectivity index (χ4n) is 3.65. The highest BCUT2D eigenvalue weighted by atomic mass is 16.2. The number of nitrogens with one attached hydrogen (secondary N) is 1. The van der Waals surface area contributed by atoms with E-state index in [1.807, 2.05) is 24.3 Å². The van der Waals surface area contributed by atoms with Gasteiger partial charge >= 0.3 is 0 Å². The van der Waals surface area contributed by atoms with Crippen molar-refractivity contribution in [2.45, 2.75) is 32.1 Å². The molecule has 1 aromatic heterocycles. The average molecular weight is 373 g/mol. The largest absolute Gasteiger partial charge is 0.350 e. The maximum absolute atomic E-state index is 12.9. The normalized spacial score (nSPS) is 13.9. The number of hydrogen-bond donors (Lipinski definition) is 1. The molecule has 5 heteroatoms. The Hall–Kier alpha value is -3.21.